The third-order valence-corrected chi connectivity index (χ3v) is 4.19. The molecule has 0 aliphatic carbocycles. The molecule has 3 rings (SSSR count). The Bertz CT molecular complexity index is 494. The second kappa shape index (κ2) is 6.39. The van der Waals surface area contributed by atoms with E-state index in [1.165, 1.54) is 0 Å². The minimum Gasteiger partial charge on any atom is -0.368 e. The molecule has 6 nitrogen and oxygen atoms in total. The summed E-state index contributed by atoms with van der Waals surface area (Å²) in [7, 11) is 0. The van der Waals surface area contributed by atoms with Gasteiger partial charge in [-0.2, -0.15) is 0 Å². The molecule has 0 N–H and O–H groups in total. The van der Waals surface area contributed by atoms with Crippen LogP contribution in [0.25, 0.3) is 0 Å². The Morgan fingerprint density at radius 3 is 2.81 bits per heavy atom. The Morgan fingerprint density at radius 2 is 2.14 bits per heavy atom. The third kappa shape index (κ3) is 3.15. The van der Waals surface area contributed by atoms with Crippen molar-refractivity contribution in [1.29, 1.82) is 0 Å². The number of hydrogen-bond acceptors (Lipinski definition) is 5. The molecule has 1 unspecified atom stereocenters. The van der Waals surface area contributed by atoms with Crippen molar-refractivity contribution in [1.82, 2.24) is 14.9 Å². The molecule has 2 aliphatic rings. The minimum absolute atomic E-state index is 0.157. The van der Waals surface area contributed by atoms with Crippen molar-refractivity contribution in [2.75, 3.05) is 37.7 Å². The number of aromatic nitrogens is 2. The lowest BCUT2D eigenvalue weighted by molar-refractivity contribution is -0.141. The number of aryl methyl sites for hydroxylation is 1. The Kier molecular flexibility index (Phi) is 4.34. The van der Waals surface area contributed by atoms with E-state index in [4.69, 9.17) is 4.74 Å². The number of anilines is 1. The normalized spacial score (nSPS) is 22.6. The Morgan fingerprint density at radius 1 is 1.33 bits per heavy atom. The molecule has 1 atom stereocenters. The maximum Gasteiger partial charge on any atom is 0.251 e. The number of carbonyl (C=O) groups is 1. The highest BCUT2D eigenvalue weighted by molar-refractivity contribution is 5.81. The first kappa shape index (κ1) is 14.3. The number of amides is 1. The van der Waals surface area contributed by atoms with Gasteiger partial charge in [-0.3, -0.25) is 4.79 Å². The topological polar surface area (TPSA) is 58.6 Å². The molecule has 1 amide bonds. The molecular formula is C15H22N4O2. The van der Waals surface area contributed by atoms with Gasteiger partial charge in [0.2, 0.25) is 0 Å². The number of ether oxygens (including phenoxy) is 1. The zero-order valence-corrected chi connectivity index (χ0v) is 12.5. The van der Waals surface area contributed by atoms with E-state index in [0.717, 1.165) is 63.6 Å². The van der Waals surface area contributed by atoms with Gasteiger partial charge in [-0.15, -0.1) is 0 Å². The Labute approximate surface area is 125 Å². The lowest BCUT2D eigenvalue weighted by atomic mass is 10.2. The smallest absolute Gasteiger partial charge is 0.251 e. The van der Waals surface area contributed by atoms with Crippen LogP contribution in [-0.2, 0) is 16.0 Å². The van der Waals surface area contributed by atoms with Crippen LogP contribution in [0.4, 0.5) is 5.82 Å². The summed E-state index contributed by atoms with van der Waals surface area (Å²) in [5.41, 5.74) is 1.05. The van der Waals surface area contributed by atoms with E-state index in [1.54, 1.807) is 6.33 Å². The van der Waals surface area contributed by atoms with Crippen LogP contribution in [0.2, 0.25) is 0 Å². The fourth-order valence-corrected chi connectivity index (χ4v) is 2.88. The van der Waals surface area contributed by atoms with Crippen LogP contribution in [0.5, 0.6) is 0 Å². The first-order valence-electron chi connectivity index (χ1n) is 7.74. The van der Waals surface area contributed by atoms with Gasteiger partial charge in [0.15, 0.2) is 0 Å². The first-order chi connectivity index (χ1) is 10.3. The zero-order chi connectivity index (χ0) is 14.7. The Balaban J connectivity index is 1.58. The second-order valence-electron chi connectivity index (χ2n) is 5.54. The SMILES string of the molecule is CCc1cc(N2CCN(C(=O)C3CCCO3)CC2)ncn1. The molecule has 114 valence electrons. The molecule has 0 spiro atoms. The summed E-state index contributed by atoms with van der Waals surface area (Å²) in [4.78, 5) is 25.0. The molecule has 0 radical (unpaired) electrons. The van der Waals surface area contributed by atoms with Gasteiger partial charge in [0, 0.05) is 44.5 Å². The average Bonchev–Trinajstić information content (AvgIpc) is 3.09. The Hall–Kier alpha value is -1.69. The summed E-state index contributed by atoms with van der Waals surface area (Å²) in [5, 5.41) is 0. The predicted molar refractivity (Wildman–Crippen MR) is 79.2 cm³/mol. The number of piperazine rings is 1. The molecule has 2 aliphatic heterocycles. The van der Waals surface area contributed by atoms with Gasteiger partial charge >= 0.3 is 0 Å². The van der Waals surface area contributed by atoms with Crippen LogP contribution in [0.1, 0.15) is 25.5 Å². The molecule has 0 bridgehead atoms. The monoisotopic (exact) mass is 290 g/mol. The number of rotatable bonds is 3. The summed E-state index contributed by atoms with van der Waals surface area (Å²) >= 11 is 0. The van der Waals surface area contributed by atoms with Gasteiger partial charge in [0.25, 0.3) is 5.91 Å². The van der Waals surface area contributed by atoms with Gasteiger partial charge in [-0.25, -0.2) is 9.97 Å². The molecule has 2 saturated heterocycles. The van der Waals surface area contributed by atoms with Gasteiger partial charge in [0.05, 0.1) is 0 Å². The van der Waals surface area contributed by atoms with E-state index in [0.29, 0.717) is 0 Å². The summed E-state index contributed by atoms with van der Waals surface area (Å²) in [6.07, 6.45) is 4.19. The molecule has 0 saturated carbocycles. The standard InChI is InChI=1S/C15H22N4O2/c1-2-12-10-14(17-11-16-12)18-5-7-19(8-6-18)15(20)13-4-3-9-21-13/h10-11,13H,2-9H2,1H3. The largest absolute Gasteiger partial charge is 0.368 e. The lowest BCUT2D eigenvalue weighted by Crippen LogP contribution is -2.51. The zero-order valence-electron chi connectivity index (χ0n) is 12.5. The highest BCUT2D eigenvalue weighted by Gasteiger charge is 2.30. The van der Waals surface area contributed by atoms with Crippen molar-refractivity contribution in [2.45, 2.75) is 32.3 Å². The molecule has 1 aromatic heterocycles. The second-order valence-corrected chi connectivity index (χ2v) is 5.54. The summed E-state index contributed by atoms with van der Waals surface area (Å²) in [6, 6.07) is 2.04. The van der Waals surface area contributed by atoms with Crippen LogP contribution in [0.3, 0.4) is 0 Å². The first-order valence-corrected chi connectivity index (χ1v) is 7.74. The van der Waals surface area contributed by atoms with E-state index < -0.39 is 0 Å². The minimum atomic E-state index is -0.206. The number of carbonyl (C=O) groups excluding carboxylic acids is 1. The van der Waals surface area contributed by atoms with Crippen molar-refractivity contribution < 1.29 is 9.53 Å². The quantitative estimate of drug-likeness (QED) is 0.826. The van der Waals surface area contributed by atoms with Gasteiger partial charge in [-0.1, -0.05) is 6.92 Å². The van der Waals surface area contributed by atoms with Crippen LogP contribution in [-0.4, -0.2) is 59.7 Å². The molecule has 1 aromatic rings. The van der Waals surface area contributed by atoms with Gasteiger partial charge < -0.3 is 14.5 Å². The summed E-state index contributed by atoms with van der Waals surface area (Å²) in [6.45, 7) is 5.92. The van der Waals surface area contributed by atoms with Gasteiger partial charge in [-0.05, 0) is 19.3 Å². The maximum absolute atomic E-state index is 12.3. The van der Waals surface area contributed by atoms with Gasteiger partial charge in [0.1, 0.15) is 18.2 Å². The highest BCUT2D eigenvalue weighted by Crippen LogP contribution is 2.18. The van der Waals surface area contributed by atoms with Crippen LogP contribution in [0, 0.1) is 0 Å². The van der Waals surface area contributed by atoms with E-state index in [9.17, 15) is 4.79 Å². The van der Waals surface area contributed by atoms with Crippen molar-refractivity contribution in [3.8, 4) is 0 Å². The number of nitrogens with zero attached hydrogens (tertiary/aromatic N) is 4. The fourth-order valence-electron chi connectivity index (χ4n) is 2.88. The van der Waals surface area contributed by atoms with Crippen molar-refractivity contribution in [3.63, 3.8) is 0 Å². The van der Waals surface area contributed by atoms with E-state index in [-0.39, 0.29) is 12.0 Å². The van der Waals surface area contributed by atoms with Crippen molar-refractivity contribution in [2.24, 2.45) is 0 Å². The van der Waals surface area contributed by atoms with Crippen molar-refractivity contribution in [3.05, 3.63) is 18.1 Å². The molecule has 0 aromatic carbocycles. The fraction of sp³-hybridized carbons (Fsp3) is 0.667. The summed E-state index contributed by atoms with van der Waals surface area (Å²) in [5.74, 6) is 1.12. The highest BCUT2D eigenvalue weighted by atomic mass is 16.5. The van der Waals surface area contributed by atoms with E-state index in [1.807, 2.05) is 11.0 Å². The average molecular weight is 290 g/mol. The number of hydrogen-bond donors (Lipinski definition) is 0. The molecular weight excluding hydrogens is 268 g/mol. The summed E-state index contributed by atoms with van der Waals surface area (Å²) < 4.78 is 5.48. The van der Waals surface area contributed by atoms with Crippen LogP contribution >= 0.6 is 0 Å². The van der Waals surface area contributed by atoms with Crippen LogP contribution in [0.15, 0.2) is 12.4 Å². The van der Waals surface area contributed by atoms with Crippen LogP contribution < -0.4 is 4.90 Å². The predicted octanol–water partition coefficient (Wildman–Crippen LogP) is 0.867. The molecule has 6 heteroatoms. The van der Waals surface area contributed by atoms with E-state index in [2.05, 4.69) is 21.8 Å². The third-order valence-electron chi connectivity index (χ3n) is 4.19. The molecule has 3 heterocycles. The van der Waals surface area contributed by atoms with Crippen molar-refractivity contribution >= 4 is 11.7 Å². The molecule has 2 fully saturated rings. The lowest BCUT2D eigenvalue weighted by Gasteiger charge is -2.36. The maximum atomic E-state index is 12.3. The molecule has 21 heavy (non-hydrogen) atoms. The van der Waals surface area contributed by atoms with E-state index >= 15 is 0 Å².